The van der Waals surface area contributed by atoms with E-state index in [1.54, 1.807) is 0 Å². The molecule has 1 amide bonds. The Labute approximate surface area is 99.5 Å². The number of alkyl halides is 3. The van der Waals surface area contributed by atoms with Gasteiger partial charge in [0.15, 0.2) is 17.6 Å². The fourth-order valence-corrected chi connectivity index (χ4v) is 1.07. The number of halogens is 3. The molecule has 18 heavy (non-hydrogen) atoms. The standard InChI is InChI=1S/C10H10F3NO4/c11-10(12,13)8(17)4-14-9(18)5-1-2-6(15)7(16)3-5/h1-3,8,15-17H,4H2,(H,14,18). The van der Waals surface area contributed by atoms with Crippen LogP contribution in [0.5, 0.6) is 11.5 Å². The first-order valence-electron chi connectivity index (χ1n) is 4.76. The molecule has 1 unspecified atom stereocenters. The summed E-state index contributed by atoms with van der Waals surface area (Å²) < 4.78 is 35.8. The number of aliphatic hydroxyl groups excluding tert-OH is 1. The maximum absolute atomic E-state index is 11.9. The van der Waals surface area contributed by atoms with Gasteiger partial charge >= 0.3 is 6.18 Å². The molecular formula is C10H10F3NO4. The molecule has 100 valence electrons. The van der Waals surface area contributed by atoms with E-state index in [2.05, 4.69) is 0 Å². The van der Waals surface area contributed by atoms with Crippen molar-refractivity contribution in [3.05, 3.63) is 23.8 Å². The van der Waals surface area contributed by atoms with Gasteiger partial charge in [0.25, 0.3) is 5.91 Å². The van der Waals surface area contributed by atoms with Crippen LogP contribution >= 0.6 is 0 Å². The molecule has 8 heteroatoms. The van der Waals surface area contributed by atoms with Crippen LogP contribution in [0.3, 0.4) is 0 Å². The summed E-state index contributed by atoms with van der Waals surface area (Å²) in [6.07, 6.45) is -7.48. The Bertz CT molecular complexity index is 447. The molecule has 0 saturated heterocycles. The number of amides is 1. The molecule has 0 bridgehead atoms. The van der Waals surface area contributed by atoms with Gasteiger partial charge in [0.2, 0.25) is 0 Å². The van der Waals surface area contributed by atoms with E-state index in [0.29, 0.717) is 0 Å². The molecule has 0 aliphatic rings. The largest absolute Gasteiger partial charge is 0.504 e. The Morgan fingerprint density at radius 2 is 1.89 bits per heavy atom. The molecule has 0 heterocycles. The molecule has 0 spiro atoms. The van der Waals surface area contributed by atoms with Crippen molar-refractivity contribution >= 4 is 5.91 Å². The molecule has 5 nitrogen and oxygen atoms in total. The van der Waals surface area contributed by atoms with Crippen molar-refractivity contribution in [2.75, 3.05) is 6.54 Å². The zero-order chi connectivity index (χ0) is 13.9. The van der Waals surface area contributed by atoms with Crippen LogP contribution in [-0.4, -0.2) is 40.1 Å². The van der Waals surface area contributed by atoms with Crippen molar-refractivity contribution < 1.29 is 33.3 Å². The van der Waals surface area contributed by atoms with Crippen LogP contribution < -0.4 is 5.32 Å². The lowest BCUT2D eigenvalue weighted by atomic mass is 10.2. The molecule has 0 radical (unpaired) electrons. The Hall–Kier alpha value is -1.96. The molecule has 0 fully saturated rings. The third-order valence-electron chi connectivity index (χ3n) is 2.07. The number of aromatic hydroxyl groups is 2. The summed E-state index contributed by atoms with van der Waals surface area (Å²) in [6.45, 7) is -0.996. The minimum atomic E-state index is -4.82. The molecule has 1 rings (SSSR count). The van der Waals surface area contributed by atoms with E-state index < -0.39 is 36.2 Å². The first-order chi connectivity index (χ1) is 8.21. The average molecular weight is 265 g/mol. The van der Waals surface area contributed by atoms with Crippen LogP contribution in [0, 0.1) is 0 Å². The number of benzene rings is 1. The zero-order valence-electron chi connectivity index (χ0n) is 8.90. The Morgan fingerprint density at radius 1 is 1.28 bits per heavy atom. The van der Waals surface area contributed by atoms with Crippen molar-refractivity contribution in [1.29, 1.82) is 0 Å². The van der Waals surface area contributed by atoms with Gasteiger partial charge in [0.05, 0.1) is 6.54 Å². The maximum atomic E-state index is 11.9. The number of nitrogens with one attached hydrogen (secondary N) is 1. The fraction of sp³-hybridized carbons (Fsp3) is 0.300. The van der Waals surface area contributed by atoms with Gasteiger partial charge in [0, 0.05) is 5.56 Å². The smallest absolute Gasteiger partial charge is 0.416 e. The Kier molecular flexibility index (Phi) is 4.02. The van der Waals surface area contributed by atoms with Gasteiger partial charge in [-0.05, 0) is 18.2 Å². The number of phenols is 2. The van der Waals surface area contributed by atoms with Gasteiger partial charge in [-0.1, -0.05) is 0 Å². The summed E-state index contributed by atoms with van der Waals surface area (Å²) in [4.78, 5) is 11.4. The fourth-order valence-electron chi connectivity index (χ4n) is 1.07. The summed E-state index contributed by atoms with van der Waals surface area (Å²) in [5.41, 5.74) is -0.139. The van der Waals surface area contributed by atoms with Gasteiger partial charge < -0.3 is 20.6 Å². The minimum Gasteiger partial charge on any atom is -0.504 e. The minimum absolute atomic E-state index is 0.139. The van der Waals surface area contributed by atoms with Crippen LogP contribution in [0.15, 0.2) is 18.2 Å². The lowest BCUT2D eigenvalue weighted by Crippen LogP contribution is -2.40. The molecule has 0 aliphatic heterocycles. The van der Waals surface area contributed by atoms with E-state index in [0.717, 1.165) is 18.2 Å². The number of carbonyl (C=O) groups excluding carboxylic acids is 1. The molecule has 1 atom stereocenters. The SMILES string of the molecule is O=C(NCC(O)C(F)(F)F)c1ccc(O)c(O)c1. The third kappa shape index (κ3) is 3.52. The monoisotopic (exact) mass is 265 g/mol. The number of phenolic OH excluding ortho intramolecular Hbond substituents is 2. The maximum Gasteiger partial charge on any atom is 0.416 e. The number of rotatable bonds is 3. The Morgan fingerprint density at radius 3 is 2.39 bits per heavy atom. The predicted octanol–water partition coefficient (Wildman–Crippen LogP) is 0.751. The van der Waals surface area contributed by atoms with Gasteiger partial charge in [-0.2, -0.15) is 13.2 Å². The molecular weight excluding hydrogens is 255 g/mol. The summed E-state index contributed by atoms with van der Waals surface area (Å²) in [5.74, 6) is -1.94. The van der Waals surface area contributed by atoms with Crippen molar-refractivity contribution in [2.45, 2.75) is 12.3 Å². The normalized spacial score (nSPS) is 13.1. The number of carbonyl (C=O) groups is 1. The van der Waals surface area contributed by atoms with E-state index in [9.17, 15) is 18.0 Å². The van der Waals surface area contributed by atoms with Gasteiger partial charge in [-0.3, -0.25) is 4.79 Å². The highest BCUT2D eigenvalue weighted by Crippen LogP contribution is 2.25. The summed E-state index contributed by atoms with van der Waals surface area (Å²) in [5, 5.41) is 28.6. The van der Waals surface area contributed by atoms with Crippen LogP contribution in [0.2, 0.25) is 0 Å². The molecule has 0 saturated carbocycles. The lowest BCUT2D eigenvalue weighted by Gasteiger charge is -2.15. The van der Waals surface area contributed by atoms with Gasteiger partial charge in [0.1, 0.15) is 0 Å². The summed E-state index contributed by atoms with van der Waals surface area (Å²) in [6, 6.07) is 3.03. The average Bonchev–Trinajstić information content (AvgIpc) is 2.27. The number of aliphatic hydroxyl groups is 1. The summed E-state index contributed by atoms with van der Waals surface area (Å²) in [7, 11) is 0. The number of hydrogen-bond acceptors (Lipinski definition) is 4. The highest BCUT2D eigenvalue weighted by molar-refractivity contribution is 5.94. The zero-order valence-corrected chi connectivity index (χ0v) is 8.90. The number of hydrogen-bond donors (Lipinski definition) is 4. The molecule has 1 aromatic carbocycles. The van der Waals surface area contributed by atoms with E-state index >= 15 is 0 Å². The van der Waals surface area contributed by atoms with E-state index in [1.165, 1.54) is 0 Å². The van der Waals surface area contributed by atoms with Crippen LogP contribution in [0.4, 0.5) is 13.2 Å². The quantitative estimate of drug-likeness (QED) is 0.607. The molecule has 0 aromatic heterocycles. The molecule has 0 aliphatic carbocycles. The second-order valence-corrected chi connectivity index (χ2v) is 3.47. The van der Waals surface area contributed by atoms with Crippen molar-refractivity contribution in [2.24, 2.45) is 0 Å². The molecule has 4 N–H and O–H groups in total. The van der Waals surface area contributed by atoms with Crippen LogP contribution in [0.1, 0.15) is 10.4 Å². The Balaban J connectivity index is 2.63. The molecule has 1 aromatic rings. The summed E-state index contributed by atoms with van der Waals surface area (Å²) >= 11 is 0. The van der Waals surface area contributed by atoms with Crippen LogP contribution in [-0.2, 0) is 0 Å². The van der Waals surface area contributed by atoms with Crippen molar-refractivity contribution in [1.82, 2.24) is 5.32 Å². The van der Waals surface area contributed by atoms with E-state index in [4.69, 9.17) is 15.3 Å². The van der Waals surface area contributed by atoms with Crippen molar-refractivity contribution in [3.8, 4) is 11.5 Å². The van der Waals surface area contributed by atoms with E-state index in [1.807, 2.05) is 5.32 Å². The van der Waals surface area contributed by atoms with E-state index in [-0.39, 0.29) is 5.56 Å². The topological polar surface area (TPSA) is 89.8 Å². The second-order valence-electron chi connectivity index (χ2n) is 3.47. The first-order valence-corrected chi connectivity index (χ1v) is 4.76. The van der Waals surface area contributed by atoms with Gasteiger partial charge in [-0.15, -0.1) is 0 Å². The second kappa shape index (κ2) is 5.13. The predicted molar refractivity (Wildman–Crippen MR) is 54.2 cm³/mol. The highest BCUT2D eigenvalue weighted by Gasteiger charge is 2.38. The third-order valence-corrected chi connectivity index (χ3v) is 2.07. The van der Waals surface area contributed by atoms with Crippen molar-refractivity contribution in [3.63, 3.8) is 0 Å². The first kappa shape index (κ1) is 14.1. The van der Waals surface area contributed by atoms with Crippen LogP contribution in [0.25, 0.3) is 0 Å². The van der Waals surface area contributed by atoms with Gasteiger partial charge in [-0.25, -0.2) is 0 Å². The highest BCUT2D eigenvalue weighted by atomic mass is 19.4. The lowest BCUT2D eigenvalue weighted by molar-refractivity contribution is -0.201.